The van der Waals surface area contributed by atoms with Crippen molar-refractivity contribution < 1.29 is 17.9 Å². The van der Waals surface area contributed by atoms with E-state index in [0.29, 0.717) is 28.0 Å². The summed E-state index contributed by atoms with van der Waals surface area (Å²) in [5.74, 6) is 0.504. The molecule has 1 saturated heterocycles. The molecule has 1 amide bonds. The van der Waals surface area contributed by atoms with Crippen LogP contribution in [0.25, 0.3) is 0 Å². The number of benzene rings is 3. The van der Waals surface area contributed by atoms with Gasteiger partial charge in [0.05, 0.1) is 23.7 Å². The standard InChI is InChI=1S/C25H24Br2N2O4S/c1-16-8-11-21(27)22(13-16)28-34(31,32)19-6-3-5-17(14-19)25(30)29-12-4-7-23(29)20-10-9-18(26)15-24(20)33-2/h3,5-6,8-11,13-15,23,28H,4,7,12H2,1-2H3. The van der Waals surface area contributed by atoms with Crippen LogP contribution < -0.4 is 9.46 Å². The third-order valence-electron chi connectivity index (χ3n) is 5.83. The fourth-order valence-corrected chi connectivity index (χ4v) is 6.11. The Morgan fingerprint density at radius 1 is 1.09 bits per heavy atom. The minimum absolute atomic E-state index is 0.0312. The predicted octanol–water partition coefficient (Wildman–Crippen LogP) is 6.31. The van der Waals surface area contributed by atoms with Crippen molar-refractivity contribution >= 4 is 53.5 Å². The Kier molecular flexibility index (Phi) is 7.35. The van der Waals surface area contributed by atoms with Gasteiger partial charge in [0, 0.05) is 26.6 Å². The fourth-order valence-electron chi connectivity index (χ4n) is 4.18. The third-order valence-corrected chi connectivity index (χ3v) is 8.37. The zero-order chi connectivity index (χ0) is 24.5. The van der Waals surface area contributed by atoms with Gasteiger partial charge in [-0.3, -0.25) is 9.52 Å². The molecule has 1 atom stereocenters. The monoisotopic (exact) mass is 606 g/mol. The van der Waals surface area contributed by atoms with E-state index in [-0.39, 0.29) is 16.8 Å². The van der Waals surface area contributed by atoms with Crippen LogP contribution in [0.3, 0.4) is 0 Å². The van der Waals surface area contributed by atoms with Crippen LogP contribution in [0, 0.1) is 6.92 Å². The molecule has 3 aromatic carbocycles. The number of carbonyl (C=O) groups excluding carboxylic acids is 1. The van der Waals surface area contributed by atoms with Crippen molar-refractivity contribution in [3.63, 3.8) is 0 Å². The molecule has 1 fully saturated rings. The van der Waals surface area contributed by atoms with Crippen LogP contribution in [0.4, 0.5) is 5.69 Å². The van der Waals surface area contributed by atoms with Crippen LogP contribution in [0.1, 0.15) is 40.4 Å². The van der Waals surface area contributed by atoms with Gasteiger partial charge in [-0.25, -0.2) is 8.42 Å². The zero-order valence-corrected chi connectivity index (χ0v) is 22.7. The number of methoxy groups -OCH3 is 1. The Labute approximate surface area is 216 Å². The van der Waals surface area contributed by atoms with Gasteiger partial charge in [0.25, 0.3) is 15.9 Å². The molecule has 0 aliphatic carbocycles. The second-order valence-corrected chi connectivity index (χ2v) is 11.6. The first-order valence-corrected chi connectivity index (χ1v) is 13.8. The molecule has 6 nitrogen and oxygen atoms in total. The number of sulfonamides is 1. The van der Waals surface area contributed by atoms with Gasteiger partial charge in [-0.05, 0) is 83.7 Å². The maximum Gasteiger partial charge on any atom is 0.261 e. The number of hydrogen-bond donors (Lipinski definition) is 1. The van der Waals surface area contributed by atoms with E-state index in [1.54, 1.807) is 36.3 Å². The minimum Gasteiger partial charge on any atom is -0.496 e. The summed E-state index contributed by atoms with van der Waals surface area (Å²) in [7, 11) is -2.28. The maximum absolute atomic E-state index is 13.5. The molecular weight excluding hydrogens is 584 g/mol. The van der Waals surface area contributed by atoms with Gasteiger partial charge in [0.1, 0.15) is 5.75 Å². The molecular formula is C25H24Br2N2O4S. The molecule has 0 radical (unpaired) electrons. The van der Waals surface area contributed by atoms with Crippen molar-refractivity contribution in [2.45, 2.75) is 30.7 Å². The van der Waals surface area contributed by atoms with E-state index in [1.165, 1.54) is 12.1 Å². The van der Waals surface area contributed by atoms with Crippen LogP contribution in [0.5, 0.6) is 5.75 Å². The number of nitrogens with one attached hydrogen (secondary N) is 1. The lowest BCUT2D eigenvalue weighted by molar-refractivity contribution is 0.0734. The fraction of sp³-hybridized carbons (Fsp3) is 0.240. The molecule has 0 spiro atoms. The van der Waals surface area contributed by atoms with Crippen LogP contribution in [0.2, 0.25) is 0 Å². The van der Waals surface area contributed by atoms with Gasteiger partial charge in [-0.15, -0.1) is 0 Å². The highest BCUT2D eigenvalue weighted by molar-refractivity contribution is 9.10. The van der Waals surface area contributed by atoms with Crippen molar-refractivity contribution in [2.24, 2.45) is 0 Å². The van der Waals surface area contributed by atoms with E-state index in [0.717, 1.165) is 28.4 Å². The lowest BCUT2D eigenvalue weighted by atomic mass is 10.0. The highest BCUT2D eigenvalue weighted by Gasteiger charge is 2.33. The Bertz CT molecular complexity index is 1340. The number of hydrogen-bond acceptors (Lipinski definition) is 4. The molecule has 3 aromatic rings. The number of rotatable bonds is 6. The number of amides is 1. The summed E-state index contributed by atoms with van der Waals surface area (Å²) in [6, 6.07) is 17.2. The van der Waals surface area contributed by atoms with E-state index in [2.05, 4.69) is 36.6 Å². The summed E-state index contributed by atoms with van der Waals surface area (Å²) in [6.45, 7) is 2.48. The smallest absolute Gasteiger partial charge is 0.261 e. The number of aryl methyl sites for hydroxylation is 1. The van der Waals surface area contributed by atoms with Gasteiger partial charge in [0.2, 0.25) is 0 Å². The summed E-state index contributed by atoms with van der Waals surface area (Å²) in [4.78, 5) is 15.3. The first kappa shape index (κ1) is 24.8. The van der Waals surface area contributed by atoms with E-state index < -0.39 is 10.0 Å². The average molecular weight is 608 g/mol. The summed E-state index contributed by atoms with van der Waals surface area (Å²) < 4.78 is 35.9. The number of ether oxygens (including phenoxy) is 1. The first-order chi connectivity index (χ1) is 16.2. The Balaban J connectivity index is 1.62. The maximum atomic E-state index is 13.5. The van der Waals surface area contributed by atoms with Gasteiger partial charge in [-0.2, -0.15) is 0 Å². The van der Waals surface area contributed by atoms with Crippen molar-refractivity contribution in [3.8, 4) is 5.75 Å². The van der Waals surface area contributed by atoms with E-state index in [1.807, 2.05) is 31.2 Å². The van der Waals surface area contributed by atoms with Gasteiger partial charge < -0.3 is 9.64 Å². The minimum atomic E-state index is -3.89. The zero-order valence-electron chi connectivity index (χ0n) is 18.7. The third kappa shape index (κ3) is 5.16. The lowest BCUT2D eigenvalue weighted by Crippen LogP contribution is -2.31. The van der Waals surface area contributed by atoms with E-state index >= 15 is 0 Å². The number of halogens is 2. The highest BCUT2D eigenvalue weighted by Crippen LogP contribution is 2.39. The summed E-state index contributed by atoms with van der Waals surface area (Å²) >= 11 is 6.84. The molecule has 34 heavy (non-hydrogen) atoms. The molecule has 1 heterocycles. The number of nitrogens with zero attached hydrogens (tertiary/aromatic N) is 1. The molecule has 0 saturated carbocycles. The molecule has 0 aromatic heterocycles. The molecule has 178 valence electrons. The first-order valence-electron chi connectivity index (χ1n) is 10.7. The molecule has 1 aliphatic heterocycles. The van der Waals surface area contributed by atoms with Crippen LogP contribution in [0.15, 0.2) is 74.5 Å². The second-order valence-electron chi connectivity index (χ2n) is 8.16. The van der Waals surface area contributed by atoms with Crippen molar-refractivity contribution in [1.29, 1.82) is 0 Å². The molecule has 4 rings (SSSR count). The number of likely N-dealkylation sites (tertiary alicyclic amines) is 1. The van der Waals surface area contributed by atoms with Gasteiger partial charge in [0.15, 0.2) is 0 Å². The van der Waals surface area contributed by atoms with Crippen LogP contribution in [-0.2, 0) is 10.0 Å². The summed E-state index contributed by atoms with van der Waals surface area (Å²) in [5, 5.41) is 0. The van der Waals surface area contributed by atoms with Gasteiger partial charge >= 0.3 is 0 Å². The highest BCUT2D eigenvalue weighted by atomic mass is 79.9. The SMILES string of the molecule is COc1cc(Br)ccc1C1CCCN1C(=O)c1cccc(S(=O)(=O)Nc2cc(C)ccc2Br)c1. The predicted molar refractivity (Wildman–Crippen MR) is 140 cm³/mol. The molecule has 9 heteroatoms. The topological polar surface area (TPSA) is 75.7 Å². The second kappa shape index (κ2) is 10.1. The molecule has 1 N–H and O–H groups in total. The van der Waals surface area contributed by atoms with Crippen molar-refractivity contribution in [1.82, 2.24) is 4.90 Å². The quantitative estimate of drug-likeness (QED) is 0.356. The van der Waals surface area contributed by atoms with Crippen molar-refractivity contribution in [3.05, 3.63) is 86.3 Å². The number of carbonyl (C=O) groups is 1. The van der Waals surface area contributed by atoms with Crippen LogP contribution >= 0.6 is 31.9 Å². The van der Waals surface area contributed by atoms with Crippen LogP contribution in [-0.4, -0.2) is 32.9 Å². The molecule has 1 aliphatic rings. The van der Waals surface area contributed by atoms with Crippen molar-refractivity contribution in [2.75, 3.05) is 18.4 Å². The summed E-state index contributed by atoms with van der Waals surface area (Å²) in [6.07, 6.45) is 1.67. The normalized spacial score (nSPS) is 15.9. The van der Waals surface area contributed by atoms with E-state index in [9.17, 15) is 13.2 Å². The average Bonchev–Trinajstić information content (AvgIpc) is 3.30. The van der Waals surface area contributed by atoms with E-state index in [4.69, 9.17) is 4.74 Å². The van der Waals surface area contributed by atoms with Gasteiger partial charge in [-0.1, -0.05) is 34.1 Å². The summed E-state index contributed by atoms with van der Waals surface area (Å²) in [5.41, 5.74) is 2.63. The largest absolute Gasteiger partial charge is 0.496 e. The Morgan fingerprint density at radius 2 is 1.88 bits per heavy atom. The Morgan fingerprint density at radius 3 is 2.65 bits per heavy atom. The Hall–Kier alpha value is -2.36. The molecule has 0 bridgehead atoms. The number of anilines is 1. The lowest BCUT2D eigenvalue weighted by Gasteiger charge is -2.26. The molecule has 1 unspecified atom stereocenters.